The van der Waals surface area contributed by atoms with E-state index in [4.69, 9.17) is 9.47 Å². The minimum atomic E-state index is -0.934. The predicted molar refractivity (Wildman–Crippen MR) is 74.6 cm³/mol. The number of hydrogen-bond donors (Lipinski definition) is 1. The monoisotopic (exact) mass is 279 g/mol. The zero-order valence-electron chi connectivity index (χ0n) is 12.0. The molecular weight excluding hydrogens is 258 g/mol. The van der Waals surface area contributed by atoms with E-state index >= 15 is 0 Å². The molecule has 1 heterocycles. The summed E-state index contributed by atoms with van der Waals surface area (Å²) in [5, 5.41) is 10.8. The van der Waals surface area contributed by atoms with E-state index in [0.717, 1.165) is 5.56 Å². The lowest BCUT2D eigenvalue weighted by Crippen LogP contribution is -2.46. The maximum absolute atomic E-state index is 11.8. The van der Waals surface area contributed by atoms with Crippen molar-refractivity contribution < 1.29 is 19.4 Å². The average molecular weight is 279 g/mol. The Hall–Kier alpha value is -1.59. The number of benzene rings is 1. The summed E-state index contributed by atoms with van der Waals surface area (Å²) in [6.45, 7) is 1.14. The Kier molecular flexibility index (Phi) is 4.62. The third-order valence-electron chi connectivity index (χ3n) is 3.82. The summed E-state index contributed by atoms with van der Waals surface area (Å²) in [6.07, 6.45) is 1.01. The highest BCUT2D eigenvalue weighted by Crippen LogP contribution is 2.37. The number of para-hydroxylation sites is 1. The van der Waals surface area contributed by atoms with Gasteiger partial charge in [0.15, 0.2) is 0 Å². The van der Waals surface area contributed by atoms with Crippen LogP contribution in [0.3, 0.4) is 0 Å². The molecule has 1 aliphatic rings. The number of aliphatic hydroxyl groups is 1. The average Bonchev–Trinajstić information content (AvgIpc) is 2.48. The van der Waals surface area contributed by atoms with Crippen LogP contribution in [0.4, 0.5) is 0 Å². The molecule has 20 heavy (non-hydrogen) atoms. The SMILES string of the molecule is COCC(=O)N1CCC(O)(c2ccccc2OC)CC1. The molecule has 0 aliphatic carbocycles. The van der Waals surface area contributed by atoms with E-state index in [9.17, 15) is 9.90 Å². The number of nitrogens with zero attached hydrogens (tertiary/aromatic N) is 1. The number of carbonyl (C=O) groups is 1. The minimum absolute atomic E-state index is 0.0328. The zero-order valence-corrected chi connectivity index (χ0v) is 12.0. The number of ether oxygens (including phenoxy) is 2. The topological polar surface area (TPSA) is 59.0 Å². The van der Waals surface area contributed by atoms with Crippen LogP contribution in [0.15, 0.2) is 24.3 Å². The number of methoxy groups -OCH3 is 2. The number of amides is 1. The molecule has 0 atom stereocenters. The van der Waals surface area contributed by atoms with Crippen LogP contribution in [0, 0.1) is 0 Å². The van der Waals surface area contributed by atoms with Crippen molar-refractivity contribution in [3.05, 3.63) is 29.8 Å². The molecule has 1 saturated heterocycles. The van der Waals surface area contributed by atoms with E-state index in [-0.39, 0.29) is 12.5 Å². The Labute approximate surface area is 119 Å². The van der Waals surface area contributed by atoms with Crippen LogP contribution in [-0.2, 0) is 15.1 Å². The van der Waals surface area contributed by atoms with Gasteiger partial charge >= 0.3 is 0 Å². The first-order valence-electron chi connectivity index (χ1n) is 6.73. The van der Waals surface area contributed by atoms with E-state index in [1.165, 1.54) is 7.11 Å². The fourth-order valence-electron chi connectivity index (χ4n) is 2.64. The summed E-state index contributed by atoms with van der Waals surface area (Å²) in [4.78, 5) is 13.5. The van der Waals surface area contributed by atoms with Crippen LogP contribution >= 0.6 is 0 Å². The van der Waals surface area contributed by atoms with E-state index < -0.39 is 5.60 Å². The maximum atomic E-state index is 11.8. The number of likely N-dealkylation sites (tertiary alicyclic amines) is 1. The molecule has 110 valence electrons. The van der Waals surface area contributed by atoms with Gasteiger partial charge in [-0.2, -0.15) is 0 Å². The Morgan fingerprint density at radius 1 is 1.30 bits per heavy atom. The Morgan fingerprint density at radius 2 is 1.95 bits per heavy atom. The normalized spacial score (nSPS) is 17.9. The lowest BCUT2D eigenvalue weighted by Gasteiger charge is -2.39. The van der Waals surface area contributed by atoms with Crippen molar-refractivity contribution in [2.75, 3.05) is 33.9 Å². The Balaban J connectivity index is 2.09. The minimum Gasteiger partial charge on any atom is -0.496 e. The summed E-state index contributed by atoms with van der Waals surface area (Å²) in [5.74, 6) is 0.654. The third kappa shape index (κ3) is 2.94. The molecule has 0 unspecified atom stereocenters. The third-order valence-corrected chi connectivity index (χ3v) is 3.82. The van der Waals surface area contributed by atoms with Crippen LogP contribution in [-0.4, -0.2) is 49.8 Å². The van der Waals surface area contributed by atoms with Gasteiger partial charge in [-0.05, 0) is 18.9 Å². The van der Waals surface area contributed by atoms with Crippen molar-refractivity contribution in [1.29, 1.82) is 0 Å². The van der Waals surface area contributed by atoms with Crippen LogP contribution in [0.25, 0.3) is 0 Å². The molecule has 0 radical (unpaired) electrons. The van der Waals surface area contributed by atoms with Crippen molar-refractivity contribution in [2.24, 2.45) is 0 Å². The molecular formula is C15H21NO4. The van der Waals surface area contributed by atoms with Crippen LogP contribution < -0.4 is 4.74 Å². The molecule has 1 aliphatic heterocycles. The summed E-state index contributed by atoms with van der Waals surface area (Å²) in [7, 11) is 3.10. The second kappa shape index (κ2) is 6.24. The van der Waals surface area contributed by atoms with Gasteiger partial charge in [-0.1, -0.05) is 18.2 Å². The summed E-state index contributed by atoms with van der Waals surface area (Å²) in [6, 6.07) is 7.49. The Morgan fingerprint density at radius 3 is 2.55 bits per heavy atom. The van der Waals surface area contributed by atoms with Crippen molar-refractivity contribution in [3.63, 3.8) is 0 Å². The molecule has 0 spiro atoms. The second-order valence-corrected chi connectivity index (χ2v) is 5.05. The molecule has 2 rings (SSSR count). The molecule has 5 heteroatoms. The van der Waals surface area contributed by atoms with Gasteiger partial charge in [-0.25, -0.2) is 0 Å². The first-order valence-corrected chi connectivity index (χ1v) is 6.73. The van der Waals surface area contributed by atoms with Gasteiger partial charge in [0.2, 0.25) is 5.91 Å². The fraction of sp³-hybridized carbons (Fsp3) is 0.533. The summed E-state index contributed by atoms with van der Waals surface area (Å²) >= 11 is 0. The number of rotatable bonds is 4. The van der Waals surface area contributed by atoms with Crippen LogP contribution in [0.1, 0.15) is 18.4 Å². The summed E-state index contributed by atoms with van der Waals surface area (Å²) in [5.41, 5.74) is -0.141. The largest absolute Gasteiger partial charge is 0.496 e. The van der Waals surface area contributed by atoms with E-state index in [1.54, 1.807) is 12.0 Å². The quantitative estimate of drug-likeness (QED) is 0.898. The van der Waals surface area contributed by atoms with E-state index in [2.05, 4.69) is 0 Å². The van der Waals surface area contributed by atoms with E-state index in [0.29, 0.717) is 31.7 Å². The van der Waals surface area contributed by atoms with Gasteiger partial charge in [0, 0.05) is 25.8 Å². The van der Waals surface area contributed by atoms with Crippen LogP contribution in [0.5, 0.6) is 5.75 Å². The van der Waals surface area contributed by atoms with Gasteiger partial charge < -0.3 is 19.5 Å². The molecule has 0 saturated carbocycles. The van der Waals surface area contributed by atoms with Gasteiger partial charge in [0.25, 0.3) is 0 Å². The lowest BCUT2D eigenvalue weighted by molar-refractivity contribution is -0.139. The molecule has 1 aromatic rings. The van der Waals surface area contributed by atoms with Crippen LogP contribution in [0.2, 0.25) is 0 Å². The van der Waals surface area contributed by atoms with Crippen molar-refractivity contribution in [3.8, 4) is 5.75 Å². The smallest absolute Gasteiger partial charge is 0.248 e. The standard InChI is InChI=1S/C15H21NO4/c1-19-11-14(17)16-9-7-15(18,8-10-16)12-5-3-4-6-13(12)20-2/h3-6,18H,7-11H2,1-2H3. The first-order chi connectivity index (χ1) is 9.60. The fourth-order valence-corrected chi connectivity index (χ4v) is 2.64. The number of carbonyl (C=O) groups excluding carboxylic acids is 1. The molecule has 1 fully saturated rings. The molecule has 1 aromatic carbocycles. The number of hydrogen-bond acceptors (Lipinski definition) is 4. The van der Waals surface area contributed by atoms with Gasteiger partial charge in [-0.3, -0.25) is 4.79 Å². The second-order valence-electron chi connectivity index (χ2n) is 5.05. The highest BCUT2D eigenvalue weighted by molar-refractivity contribution is 5.77. The van der Waals surface area contributed by atoms with E-state index in [1.807, 2.05) is 24.3 Å². The first kappa shape index (κ1) is 14.8. The van der Waals surface area contributed by atoms with Gasteiger partial charge in [0.1, 0.15) is 12.4 Å². The van der Waals surface area contributed by atoms with Crippen molar-refractivity contribution in [2.45, 2.75) is 18.4 Å². The zero-order chi connectivity index (χ0) is 14.6. The molecule has 1 N–H and O–H groups in total. The maximum Gasteiger partial charge on any atom is 0.248 e. The Bertz CT molecular complexity index is 467. The summed E-state index contributed by atoms with van der Waals surface area (Å²) < 4.78 is 10.2. The molecule has 0 bridgehead atoms. The molecule has 1 amide bonds. The van der Waals surface area contributed by atoms with Crippen molar-refractivity contribution >= 4 is 5.91 Å². The lowest BCUT2D eigenvalue weighted by atomic mass is 9.84. The highest BCUT2D eigenvalue weighted by Gasteiger charge is 2.37. The van der Waals surface area contributed by atoms with Gasteiger partial charge in [0.05, 0.1) is 12.7 Å². The number of piperidine rings is 1. The predicted octanol–water partition coefficient (Wildman–Crippen LogP) is 1.15. The van der Waals surface area contributed by atoms with Crippen molar-refractivity contribution in [1.82, 2.24) is 4.90 Å². The molecule has 0 aromatic heterocycles. The van der Waals surface area contributed by atoms with Gasteiger partial charge in [-0.15, -0.1) is 0 Å². The molecule has 5 nitrogen and oxygen atoms in total. The highest BCUT2D eigenvalue weighted by atomic mass is 16.5.